The number of hydrogen-bond donors (Lipinski definition) is 1. The normalized spacial score (nSPS) is 16.4. The number of nitrogen functional groups attached to an aromatic ring is 1. The van der Waals surface area contributed by atoms with E-state index in [2.05, 4.69) is 4.37 Å². The molecular formula is C10H14F3N3O2S2. The molecule has 0 aromatic carbocycles. The van der Waals surface area contributed by atoms with Crippen LogP contribution in [0.4, 0.5) is 24.0 Å². The van der Waals surface area contributed by atoms with Crippen molar-refractivity contribution in [1.29, 1.82) is 0 Å². The van der Waals surface area contributed by atoms with E-state index < -0.39 is 27.7 Å². The number of anilines is 2. The van der Waals surface area contributed by atoms with Crippen molar-refractivity contribution in [3.05, 3.63) is 0 Å². The third-order valence-electron chi connectivity index (χ3n) is 2.98. The number of nitrogens with two attached hydrogens (primary N) is 1. The molecule has 1 fully saturated rings. The van der Waals surface area contributed by atoms with E-state index in [1.54, 1.807) is 0 Å². The zero-order chi connectivity index (χ0) is 15.1. The Morgan fingerprint density at radius 2 is 2.05 bits per heavy atom. The molecule has 1 saturated carbocycles. The maximum atomic E-state index is 12.2. The Morgan fingerprint density at radius 3 is 2.55 bits per heavy atom. The number of nitrogens with zero attached hydrogens (tertiary/aromatic N) is 2. The van der Waals surface area contributed by atoms with Crippen molar-refractivity contribution in [3.63, 3.8) is 0 Å². The van der Waals surface area contributed by atoms with Crippen LogP contribution in [0.3, 0.4) is 0 Å². The SMILES string of the molecule is CN(CCC(F)(F)F)c1snc(N)c1S(=O)(=O)C1CC1. The first-order valence-corrected chi connectivity index (χ1v) is 8.22. The molecule has 0 aliphatic heterocycles. The van der Waals surface area contributed by atoms with E-state index in [9.17, 15) is 21.6 Å². The van der Waals surface area contributed by atoms with Gasteiger partial charge in [0.05, 0.1) is 11.7 Å². The molecule has 0 spiro atoms. The largest absolute Gasteiger partial charge is 0.390 e. The number of aromatic nitrogens is 1. The smallest absolute Gasteiger partial charge is 0.382 e. The van der Waals surface area contributed by atoms with Crippen LogP contribution in [0.25, 0.3) is 0 Å². The molecule has 10 heteroatoms. The van der Waals surface area contributed by atoms with Gasteiger partial charge in [-0.05, 0) is 24.4 Å². The molecule has 0 unspecified atom stereocenters. The standard InChI is InChI=1S/C10H14F3N3O2S2/c1-16(5-4-10(11,12)13)9-7(8(14)15-19-9)20(17,18)6-2-3-6/h6H,2-5H2,1H3,(H2,14,15). The topological polar surface area (TPSA) is 76.3 Å². The van der Waals surface area contributed by atoms with Gasteiger partial charge in [-0.2, -0.15) is 17.5 Å². The maximum Gasteiger partial charge on any atom is 0.390 e. The van der Waals surface area contributed by atoms with Crippen molar-refractivity contribution in [2.24, 2.45) is 0 Å². The van der Waals surface area contributed by atoms with Gasteiger partial charge in [-0.15, -0.1) is 0 Å². The highest BCUT2D eigenvalue weighted by Crippen LogP contribution is 2.42. The van der Waals surface area contributed by atoms with Crippen LogP contribution in [0, 0.1) is 0 Å². The zero-order valence-electron chi connectivity index (χ0n) is 10.6. The van der Waals surface area contributed by atoms with Crippen molar-refractivity contribution in [2.75, 3.05) is 24.2 Å². The molecule has 1 aliphatic rings. The van der Waals surface area contributed by atoms with Gasteiger partial charge in [0, 0.05) is 13.6 Å². The molecule has 1 aromatic heterocycles. The number of alkyl halides is 3. The van der Waals surface area contributed by atoms with Gasteiger partial charge >= 0.3 is 6.18 Å². The van der Waals surface area contributed by atoms with E-state index in [0.717, 1.165) is 11.5 Å². The summed E-state index contributed by atoms with van der Waals surface area (Å²) in [5.41, 5.74) is 5.58. The molecule has 0 amide bonds. The Balaban J connectivity index is 2.25. The van der Waals surface area contributed by atoms with Crippen LogP contribution in [0.5, 0.6) is 0 Å². The van der Waals surface area contributed by atoms with E-state index in [4.69, 9.17) is 5.73 Å². The quantitative estimate of drug-likeness (QED) is 0.895. The van der Waals surface area contributed by atoms with Crippen molar-refractivity contribution in [3.8, 4) is 0 Å². The number of sulfone groups is 1. The zero-order valence-corrected chi connectivity index (χ0v) is 12.3. The van der Waals surface area contributed by atoms with Gasteiger partial charge in [-0.1, -0.05) is 0 Å². The minimum Gasteiger partial charge on any atom is -0.382 e. The number of halogens is 3. The van der Waals surface area contributed by atoms with E-state index in [1.165, 1.54) is 11.9 Å². The summed E-state index contributed by atoms with van der Waals surface area (Å²) < 4.78 is 64.9. The highest BCUT2D eigenvalue weighted by molar-refractivity contribution is 7.92. The predicted molar refractivity (Wildman–Crippen MR) is 70.7 cm³/mol. The van der Waals surface area contributed by atoms with Gasteiger partial charge in [0.2, 0.25) is 0 Å². The second-order valence-electron chi connectivity index (χ2n) is 4.73. The first-order chi connectivity index (χ1) is 9.13. The third kappa shape index (κ3) is 3.17. The minimum absolute atomic E-state index is 0.116. The maximum absolute atomic E-state index is 12.2. The Bertz CT molecular complexity index is 593. The molecule has 0 saturated heterocycles. The molecule has 0 radical (unpaired) electrons. The predicted octanol–water partition coefficient (Wildman–Crippen LogP) is 2.05. The summed E-state index contributed by atoms with van der Waals surface area (Å²) >= 11 is 0.811. The van der Waals surface area contributed by atoms with Crippen molar-refractivity contribution >= 4 is 32.2 Å². The second-order valence-corrected chi connectivity index (χ2v) is 7.65. The van der Waals surface area contributed by atoms with Crippen LogP contribution in [0.1, 0.15) is 19.3 Å². The molecule has 5 nitrogen and oxygen atoms in total. The molecule has 1 aromatic rings. The Kier molecular flexibility index (Phi) is 3.89. The summed E-state index contributed by atoms with van der Waals surface area (Å²) in [7, 11) is -2.18. The van der Waals surface area contributed by atoms with Gasteiger partial charge in [-0.3, -0.25) is 0 Å². The summed E-state index contributed by atoms with van der Waals surface area (Å²) in [6.07, 6.45) is -4.20. The first kappa shape index (κ1) is 15.4. The van der Waals surface area contributed by atoms with Crippen LogP contribution < -0.4 is 10.6 Å². The summed E-state index contributed by atoms with van der Waals surface area (Å²) in [4.78, 5) is 1.13. The van der Waals surface area contributed by atoms with E-state index in [1.807, 2.05) is 0 Å². The monoisotopic (exact) mass is 329 g/mol. The Labute approximate surface area is 118 Å². The fraction of sp³-hybridized carbons (Fsp3) is 0.700. The van der Waals surface area contributed by atoms with Crippen LogP contribution in [0.15, 0.2) is 4.90 Å². The fourth-order valence-corrected chi connectivity index (χ4v) is 4.78. The molecule has 0 bridgehead atoms. The molecule has 2 N–H and O–H groups in total. The van der Waals surface area contributed by atoms with E-state index in [-0.39, 0.29) is 22.3 Å². The van der Waals surface area contributed by atoms with Crippen LogP contribution in [-0.4, -0.2) is 37.8 Å². The molecular weight excluding hydrogens is 315 g/mol. The average Bonchev–Trinajstić information content (AvgIpc) is 3.09. The number of rotatable bonds is 5. The summed E-state index contributed by atoms with van der Waals surface area (Å²) in [6.45, 7) is -0.335. The lowest BCUT2D eigenvalue weighted by molar-refractivity contribution is -0.132. The summed E-state index contributed by atoms with van der Waals surface area (Å²) in [6, 6.07) is 0. The Hall–Kier alpha value is -1.03. The lowest BCUT2D eigenvalue weighted by Gasteiger charge is -2.19. The molecule has 1 aliphatic carbocycles. The second kappa shape index (κ2) is 5.06. The molecule has 20 heavy (non-hydrogen) atoms. The first-order valence-electron chi connectivity index (χ1n) is 5.90. The molecule has 114 valence electrons. The van der Waals surface area contributed by atoms with Crippen molar-refractivity contribution in [2.45, 2.75) is 35.6 Å². The summed E-state index contributed by atoms with van der Waals surface area (Å²) in [5, 5.41) is -0.297. The van der Waals surface area contributed by atoms with Gasteiger partial charge in [0.1, 0.15) is 9.90 Å². The fourth-order valence-electron chi connectivity index (χ4n) is 1.74. The van der Waals surface area contributed by atoms with E-state index >= 15 is 0 Å². The van der Waals surface area contributed by atoms with Crippen LogP contribution in [0.2, 0.25) is 0 Å². The van der Waals surface area contributed by atoms with Gasteiger partial charge in [0.15, 0.2) is 15.7 Å². The highest BCUT2D eigenvalue weighted by Gasteiger charge is 2.41. The third-order valence-corrected chi connectivity index (χ3v) is 6.41. The molecule has 0 atom stereocenters. The van der Waals surface area contributed by atoms with Gasteiger partial charge in [-0.25, -0.2) is 8.42 Å². The molecule has 2 rings (SSSR count). The van der Waals surface area contributed by atoms with E-state index in [0.29, 0.717) is 12.8 Å². The molecule has 1 heterocycles. The van der Waals surface area contributed by atoms with Gasteiger partial charge < -0.3 is 10.6 Å². The van der Waals surface area contributed by atoms with Crippen molar-refractivity contribution < 1.29 is 21.6 Å². The lowest BCUT2D eigenvalue weighted by Crippen LogP contribution is -2.25. The van der Waals surface area contributed by atoms with Crippen LogP contribution >= 0.6 is 11.5 Å². The van der Waals surface area contributed by atoms with Crippen molar-refractivity contribution in [1.82, 2.24) is 4.37 Å². The summed E-state index contributed by atoms with van der Waals surface area (Å²) in [5.74, 6) is -0.129. The number of hydrogen-bond acceptors (Lipinski definition) is 6. The average molecular weight is 329 g/mol. The highest BCUT2D eigenvalue weighted by atomic mass is 32.2. The Morgan fingerprint density at radius 1 is 1.45 bits per heavy atom. The minimum atomic E-state index is -4.29. The van der Waals surface area contributed by atoms with Gasteiger partial charge in [0.25, 0.3) is 0 Å². The lowest BCUT2D eigenvalue weighted by atomic mass is 10.4. The van der Waals surface area contributed by atoms with Crippen LogP contribution in [-0.2, 0) is 9.84 Å².